The molecular weight excluding hydrogens is 196 g/mol. The molecule has 2 aliphatic rings. The van der Waals surface area contributed by atoms with Crippen molar-refractivity contribution >= 4 is 0 Å². The summed E-state index contributed by atoms with van der Waals surface area (Å²) < 4.78 is 11.1. The van der Waals surface area contributed by atoms with E-state index in [-0.39, 0.29) is 19.0 Å². The van der Waals surface area contributed by atoms with Gasteiger partial charge in [0.25, 0.3) is 0 Å². The summed E-state index contributed by atoms with van der Waals surface area (Å²) in [4.78, 5) is 0. The van der Waals surface area contributed by atoms with Gasteiger partial charge in [0.2, 0.25) is 0 Å². The van der Waals surface area contributed by atoms with Gasteiger partial charge in [-0.05, 0) is 32.1 Å². The first kappa shape index (κ1) is 11.3. The van der Waals surface area contributed by atoms with Crippen molar-refractivity contribution in [3.63, 3.8) is 0 Å². The highest BCUT2D eigenvalue weighted by molar-refractivity contribution is 4.95. The average molecular weight is 216 g/mol. The second kappa shape index (κ2) is 4.78. The molecule has 88 valence electrons. The van der Waals surface area contributed by atoms with Gasteiger partial charge in [-0.25, -0.2) is 0 Å². The molecule has 1 heterocycles. The fourth-order valence-corrected chi connectivity index (χ4v) is 1.96. The number of rotatable bonds is 5. The maximum atomic E-state index is 9.73. The summed E-state index contributed by atoms with van der Waals surface area (Å²) >= 11 is 0. The molecule has 4 heteroatoms. The second-order valence-corrected chi connectivity index (χ2v) is 4.67. The summed E-state index contributed by atoms with van der Waals surface area (Å²) in [7, 11) is 0. The van der Waals surface area contributed by atoms with Gasteiger partial charge in [-0.3, -0.25) is 0 Å². The van der Waals surface area contributed by atoms with E-state index in [4.69, 9.17) is 14.6 Å². The summed E-state index contributed by atoms with van der Waals surface area (Å²) in [6, 6.07) is 0. The number of ether oxygens (including phenoxy) is 2. The normalized spacial score (nSPS) is 31.2. The van der Waals surface area contributed by atoms with Gasteiger partial charge in [-0.1, -0.05) is 0 Å². The maximum Gasteiger partial charge on any atom is 0.158 e. The van der Waals surface area contributed by atoms with Gasteiger partial charge in [-0.15, -0.1) is 0 Å². The number of hydrogen-bond donors (Lipinski definition) is 2. The van der Waals surface area contributed by atoms with E-state index in [0.29, 0.717) is 6.42 Å². The van der Waals surface area contributed by atoms with E-state index in [1.807, 2.05) is 0 Å². The Bertz CT molecular complexity index is 197. The van der Waals surface area contributed by atoms with Crippen molar-refractivity contribution in [2.75, 3.05) is 13.2 Å². The second-order valence-electron chi connectivity index (χ2n) is 4.67. The lowest BCUT2D eigenvalue weighted by molar-refractivity contribution is -0.200. The summed E-state index contributed by atoms with van der Waals surface area (Å²) in [5, 5.41) is 18.9. The highest BCUT2D eigenvalue weighted by atomic mass is 16.7. The fraction of sp³-hybridized carbons (Fsp3) is 1.00. The quantitative estimate of drug-likeness (QED) is 0.714. The van der Waals surface area contributed by atoms with Gasteiger partial charge in [0.05, 0.1) is 18.3 Å². The third-order valence-corrected chi connectivity index (χ3v) is 3.12. The lowest BCUT2D eigenvalue weighted by Gasteiger charge is -2.27. The zero-order valence-electron chi connectivity index (χ0n) is 9.02. The van der Waals surface area contributed by atoms with Crippen LogP contribution in [0.5, 0.6) is 0 Å². The van der Waals surface area contributed by atoms with Crippen LogP contribution >= 0.6 is 0 Å². The molecule has 0 aromatic rings. The predicted octanol–water partition coefficient (Wildman–Crippen LogP) is 0.805. The summed E-state index contributed by atoms with van der Waals surface area (Å²) in [6.07, 6.45) is 4.84. The zero-order valence-corrected chi connectivity index (χ0v) is 9.02. The van der Waals surface area contributed by atoms with Crippen molar-refractivity contribution in [2.45, 2.75) is 56.5 Å². The van der Waals surface area contributed by atoms with Crippen molar-refractivity contribution in [2.24, 2.45) is 0 Å². The van der Waals surface area contributed by atoms with Gasteiger partial charge < -0.3 is 19.7 Å². The molecule has 0 bridgehead atoms. The van der Waals surface area contributed by atoms with Crippen LogP contribution in [0.4, 0.5) is 0 Å². The molecule has 1 aliphatic carbocycles. The molecule has 1 saturated heterocycles. The SMILES string of the molecule is OCC(CC1(O)CC1)OC1CCCCO1. The number of hydrogen-bond acceptors (Lipinski definition) is 4. The molecule has 1 aliphatic heterocycles. The van der Waals surface area contributed by atoms with Crippen LogP contribution in [-0.4, -0.2) is 41.4 Å². The molecule has 4 nitrogen and oxygen atoms in total. The number of aliphatic hydroxyl groups is 2. The first-order valence-electron chi connectivity index (χ1n) is 5.82. The Kier molecular flexibility index (Phi) is 3.61. The lowest BCUT2D eigenvalue weighted by Crippen LogP contribution is -2.32. The topological polar surface area (TPSA) is 58.9 Å². The van der Waals surface area contributed by atoms with Crippen LogP contribution in [0.15, 0.2) is 0 Å². The van der Waals surface area contributed by atoms with E-state index in [2.05, 4.69) is 0 Å². The van der Waals surface area contributed by atoms with Crippen LogP contribution in [0, 0.1) is 0 Å². The molecule has 2 atom stereocenters. The first-order chi connectivity index (χ1) is 7.22. The van der Waals surface area contributed by atoms with Gasteiger partial charge in [0.1, 0.15) is 0 Å². The van der Waals surface area contributed by atoms with Crippen molar-refractivity contribution < 1.29 is 19.7 Å². The van der Waals surface area contributed by atoms with E-state index in [9.17, 15) is 5.11 Å². The number of aliphatic hydroxyl groups excluding tert-OH is 1. The smallest absolute Gasteiger partial charge is 0.158 e. The van der Waals surface area contributed by atoms with Crippen LogP contribution < -0.4 is 0 Å². The Morgan fingerprint density at radius 3 is 2.73 bits per heavy atom. The first-order valence-corrected chi connectivity index (χ1v) is 5.82. The Morgan fingerprint density at radius 1 is 1.40 bits per heavy atom. The molecule has 1 saturated carbocycles. The Labute approximate surface area is 90.2 Å². The molecule has 0 spiro atoms. The summed E-state index contributed by atoms with van der Waals surface area (Å²) in [6.45, 7) is 0.704. The molecule has 0 radical (unpaired) electrons. The van der Waals surface area contributed by atoms with Gasteiger partial charge in [0.15, 0.2) is 6.29 Å². The van der Waals surface area contributed by atoms with Gasteiger partial charge >= 0.3 is 0 Å². The van der Waals surface area contributed by atoms with Crippen molar-refractivity contribution in [1.29, 1.82) is 0 Å². The highest BCUT2D eigenvalue weighted by Gasteiger charge is 2.42. The van der Waals surface area contributed by atoms with Crippen molar-refractivity contribution in [1.82, 2.24) is 0 Å². The fourth-order valence-electron chi connectivity index (χ4n) is 1.96. The summed E-state index contributed by atoms with van der Waals surface area (Å²) in [5.74, 6) is 0. The average Bonchev–Trinajstić information content (AvgIpc) is 2.97. The van der Waals surface area contributed by atoms with Gasteiger partial charge in [0, 0.05) is 13.0 Å². The standard InChI is InChI=1S/C11H20O4/c12-8-9(7-11(13)4-5-11)15-10-3-1-2-6-14-10/h9-10,12-13H,1-8H2. The third kappa shape index (κ3) is 3.41. The van der Waals surface area contributed by atoms with E-state index >= 15 is 0 Å². The molecule has 15 heavy (non-hydrogen) atoms. The Balaban J connectivity index is 1.74. The van der Waals surface area contributed by atoms with Gasteiger partial charge in [-0.2, -0.15) is 0 Å². The highest BCUT2D eigenvalue weighted by Crippen LogP contribution is 2.40. The van der Waals surface area contributed by atoms with Crippen LogP contribution in [0.2, 0.25) is 0 Å². The van der Waals surface area contributed by atoms with E-state index in [1.165, 1.54) is 0 Å². The largest absolute Gasteiger partial charge is 0.394 e. The Hall–Kier alpha value is -0.160. The molecule has 2 fully saturated rings. The van der Waals surface area contributed by atoms with Crippen molar-refractivity contribution in [3.05, 3.63) is 0 Å². The lowest BCUT2D eigenvalue weighted by atomic mass is 10.1. The summed E-state index contributed by atoms with van der Waals surface area (Å²) in [5.41, 5.74) is -0.567. The minimum absolute atomic E-state index is 0.0395. The van der Waals surface area contributed by atoms with E-state index in [1.54, 1.807) is 0 Å². The predicted molar refractivity (Wildman–Crippen MR) is 54.4 cm³/mol. The zero-order chi connectivity index (χ0) is 10.7. The monoisotopic (exact) mass is 216 g/mol. The molecule has 2 rings (SSSR count). The third-order valence-electron chi connectivity index (χ3n) is 3.12. The molecule has 2 N–H and O–H groups in total. The molecule has 0 aromatic heterocycles. The van der Waals surface area contributed by atoms with Crippen LogP contribution in [0.3, 0.4) is 0 Å². The molecular formula is C11H20O4. The molecule has 0 amide bonds. The van der Waals surface area contributed by atoms with Crippen LogP contribution in [-0.2, 0) is 9.47 Å². The van der Waals surface area contributed by atoms with E-state index in [0.717, 1.165) is 38.7 Å². The molecule has 0 aromatic carbocycles. The Morgan fingerprint density at radius 2 is 2.20 bits per heavy atom. The minimum atomic E-state index is -0.567. The van der Waals surface area contributed by atoms with Crippen molar-refractivity contribution in [3.8, 4) is 0 Å². The molecule has 2 unspecified atom stereocenters. The minimum Gasteiger partial charge on any atom is -0.394 e. The maximum absolute atomic E-state index is 9.73. The van der Waals surface area contributed by atoms with Crippen LogP contribution in [0.25, 0.3) is 0 Å². The van der Waals surface area contributed by atoms with E-state index < -0.39 is 5.60 Å². The van der Waals surface area contributed by atoms with Crippen LogP contribution in [0.1, 0.15) is 38.5 Å².